The summed E-state index contributed by atoms with van der Waals surface area (Å²) in [5.41, 5.74) is 1.57. The van der Waals surface area contributed by atoms with E-state index in [1.54, 1.807) is 6.07 Å². The topological polar surface area (TPSA) is 26.7 Å². The van der Waals surface area contributed by atoms with Crippen molar-refractivity contribution >= 4 is 5.69 Å². The van der Waals surface area contributed by atoms with Crippen molar-refractivity contribution in [2.75, 3.05) is 31.1 Å². The number of halogens is 1. The summed E-state index contributed by atoms with van der Waals surface area (Å²) < 4.78 is 13.6. The molecule has 0 saturated carbocycles. The Bertz CT molecular complexity index is 466. The van der Waals surface area contributed by atoms with Gasteiger partial charge in [0, 0.05) is 24.8 Å². The third-order valence-corrected chi connectivity index (χ3v) is 4.86. The second-order valence-electron chi connectivity index (χ2n) is 6.29. The summed E-state index contributed by atoms with van der Waals surface area (Å²) in [6.07, 6.45) is 6.37. The number of hydrogen-bond donors (Lipinski definition) is 1. The first-order valence-electron chi connectivity index (χ1n) is 8.15. The maximum atomic E-state index is 13.6. The van der Waals surface area contributed by atoms with Crippen molar-refractivity contribution in [2.45, 2.75) is 44.8 Å². The highest BCUT2D eigenvalue weighted by molar-refractivity contribution is 5.49. The van der Waals surface area contributed by atoms with Gasteiger partial charge in [-0.2, -0.15) is 0 Å². The summed E-state index contributed by atoms with van der Waals surface area (Å²) in [5.74, 6) is -0.255. The number of anilines is 1. The van der Waals surface area contributed by atoms with Crippen LogP contribution in [-0.4, -0.2) is 42.2 Å². The molecule has 2 fully saturated rings. The van der Waals surface area contributed by atoms with Gasteiger partial charge in [0.2, 0.25) is 0 Å². The van der Waals surface area contributed by atoms with Crippen molar-refractivity contribution in [3.8, 4) is 0 Å². The predicted octanol–water partition coefficient (Wildman–Crippen LogP) is 2.77. The molecule has 0 spiro atoms. The van der Waals surface area contributed by atoms with Gasteiger partial charge in [-0.1, -0.05) is 6.42 Å². The van der Waals surface area contributed by atoms with Crippen LogP contribution in [0.15, 0.2) is 18.2 Å². The SMILES string of the molecule is OCc1cc(F)cc(N2CCC(N3CCCCC3)CC2)c1. The Kier molecular flexibility index (Phi) is 4.76. The second-order valence-corrected chi connectivity index (χ2v) is 6.29. The van der Waals surface area contributed by atoms with Gasteiger partial charge >= 0.3 is 0 Å². The van der Waals surface area contributed by atoms with Gasteiger partial charge < -0.3 is 14.9 Å². The molecule has 0 amide bonds. The van der Waals surface area contributed by atoms with Gasteiger partial charge in [0.1, 0.15) is 5.82 Å². The molecule has 116 valence electrons. The molecule has 0 atom stereocenters. The van der Waals surface area contributed by atoms with E-state index in [4.69, 9.17) is 0 Å². The van der Waals surface area contributed by atoms with Crippen LogP contribution in [0.1, 0.15) is 37.7 Å². The van der Waals surface area contributed by atoms with Crippen LogP contribution in [0.4, 0.5) is 10.1 Å². The van der Waals surface area contributed by atoms with Crippen molar-refractivity contribution in [2.24, 2.45) is 0 Å². The fourth-order valence-corrected chi connectivity index (χ4v) is 3.68. The average molecular weight is 292 g/mol. The van der Waals surface area contributed by atoms with Crippen LogP contribution in [-0.2, 0) is 6.61 Å². The molecule has 3 rings (SSSR count). The van der Waals surface area contributed by atoms with Gasteiger partial charge in [0.25, 0.3) is 0 Å². The summed E-state index contributed by atoms with van der Waals surface area (Å²) in [4.78, 5) is 4.90. The lowest BCUT2D eigenvalue weighted by molar-refractivity contribution is 0.141. The summed E-state index contributed by atoms with van der Waals surface area (Å²) in [5, 5.41) is 9.21. The molecule has 1 N–H and O–H groups in total. The van der Waals surface area contributed by atoms with Crippen molar-refractivity contribution in [3.05, 3.63) is 29.6 Å². The first-order valence-corrected chi connectivity index (χ1v) is 8.15. The Balaban J connectivity index is 1.61. The van der Waals surface area contributed by atoms with E-state index in [1.165, 1.54) is 38.4 Å². The van der Waals surface area contributed by atoms with Crippen LogP contribution in [0.25, 0.3) is 0 Å². The van der Waals surface area contributed by atoms with Crippen molar-refractivity contribution in [1.82, 2.24) is 4.90 Å². The van der Waals surface area contributed by atoms with Crippen LogP contribution in [0.5, 0.6) is 0 Å². The molecule has 0 aromatic heterocycles. The normalized spacial score (nSPS) is 21.7. The van der Waals surface area contributed by atoms with Gasteiger partial charge in [-0.3, -0.25) is 0 Å². The van der Waals surface area contributed by atoms with Crippen LogP contribution < -0.4 is 4.90 Å². The lowest BCUT2D eigenvalue weighted by Gasteiger charge is -2.41. The molecule has 0 radical (unpaired) electrons. The summed E-state index contributed by atoms with van der Waals surface area (Å²) >= 11 is 0. The van der Waals surface area contributed by atoms with Gasteiger partial charge in [0.05, 0.1) is 6.61 Å². The van der Waals surface area contributed by atoms with Crippen molar-refractivity contribution in [3.63, 3.8) is 0 Å². The molecule has 0 bridgehead atoms. The van der Waals surface area contributed by atoms with E-state index in [2.05, 4.69) is 9.80 Å². The standard InChI is InChI=1S/C17H25FN2O/c18-15-10-14(13-21)11-17(12-15)20-8-4-16(5-9-20)19-6-2-1-3-7-19/h10-12,16,21H,1-9,13H2. The maximum absolute atomic E-state index is 13.6. The molecule has 21 heavy (non-hydrogen) atoms. The van der Waals surface area contributed by atoms with E-state index >= 15 is 0 Å². The fraction of sp³-hybridized carbons (Fsp3) is 0.647. The molecule has 2 heterocycles. The molecule has 4 heteroatoms. The van der Waals surface area contributed by atoms with Crippen LogP contribution in [0, 0.1) is 5.82 Å². The van der Waals surface area contributed by atoms with Crippen molar-refractivity contribution in [1.29, 1.82) is 0 Å². The van der Waals surface area contributed by atoms with E-state index < -0.39 is 0 Å². The minimum Gasteiger partial charge on any atom is -0.392 e. The van der Waals surface area contributed by atoms with E-state index in [0.29, 0.717) is 11.6 Å². The molecular weight excluding hydrogens is 267 g/mol. The Labute approximate surface area is 126 Å². The molecule has 1 aromatic carbocycles. The second kappa shape index (κ2) is 6.75. The summed E-state index contributed by atoms with van der Waals surface area (Å²) in [7, 11) is 0. The quantitative estimate of drug-likeness (QED) is 0.928. The highest BCUT2D eigenvalue weighted by atomic mass is 19.1. The lowest BCUT2D eigenvalue weighted by atomic mass is 9.99. The Hall–Kier alpha value is -1.13. The fourth-order valence-electron chi connectivity index (χ4n) is 3.68. The Morgan fingerprint density at radius 2 is 1.71 bits per heavy atom. The van der Waals surface area contributed by atoms with E-state index in [1.807, 2.05) is 6.07 Å². The third-order valence-electron chi connectivity index (χ3n) is 4.86. The Morgan fingerprint density at radius 3 is 2.38 bits per heavy atom. The van der Waals surface area contributed by atoms with Crippen molar-refractivity contribution < 1.29 is 9.50 Å². The largest absolute Gasteiger partial charge is 0.392 e. The number of benzene rings is 1. The number of hydrogen-bond acceptors (Lipinski definition) is 3. The Morgan fingerprint density at radius 1 is 1.00 bits per heavy atom. The first kappa shape index (κ1) is 14.8. The van der Waals surface area contributed by atoms with Crippen LogP contribution in [0.3, 0.4) is 0 Å². The highest BCUT2D eigenvalue weighted by Crippen LogP contribution is 2.26. The molecule has 2 aliphatic heterocycles. The smallest absolute Gasteiger partial charge is 0.125 e. The van der Waals surface area contributed by atoms with Gasteiger partial charge in [0.15, 0.2) is 0 Å². The molecule has 1 aromatic rings. The summed E-state index contributed by atoms with van der Waals surface area (Å²) in [6, 6.07) is 5.60. The molecule has 0 aliphatic carbocycles. The molecule has 2 saturated heterocycles. The zero-order valence-corrected chi connectivity index (χ0v) is 12.6. The average Bonchev–Trinajstić information content (AvgIpc) is 2.55. The first-order chi connectivity index (χ1) is 10.3. The van der Waals surface area contributed by atoms with E-state index in [-0.39, 0.29) is 12.4 Å². The van der Waals surface area contributed by atoms with Gasteiger partial charge in [-0.25, -0.2) is 4.39 Å². The lowest BCUT2D eigenvalue weighted by Crippen LogP contribution is -2.46. The number of aliphatic hydroxyl groups is 1. The van der Waals surface area contributed by atoms with Crippen LogP contribution in [0.2, 0.25) is 0 Å². The predicted molar refractivity (Wildman–Crippen MR) is 83.0 cm³/mol. The number of rotatable bonds is 3. The van der Waals surface area contributed by atoms with E-state index in [9.17, 15) is 9.50 Å². The number of nitrogens with zero attached hydrogens (tertiary/aromatic N) is 2. The monoisotopic (exact) mass is 292 g/mol. The highest BCUT2D eigenvalue weighted by Gasteiger charge is 2.25. The number of likely N-dealkylation sites (tertiary alicyclic amines) is 1. The zero-order chi connectivity index (χ0) is 14.7. The van der Waals surface area contributed by atoms with Gasteiger partial charge in [-0.15, -0.1) is 0 Å². The maximum Gasteiger partial charge on any atom is 0.125 e. The minimum atomic E-state index is -0.255. The molecular formula is C17H25FN2O. The van der Waals surface area contributed by atoms with E-state index in [0.717, 1.165) is 31.6 Å². The zero-order valence-electron chi connectivity index (χ0n) is 12.6. The minimum absolute atomic E-state index is 0.102. The number of piperidine rings is 2. The summed E-state index contributed by atoms with van der Waals surface area (Å²) in [6.45, 7) is 4.36. The molecule has 2 aliphatic rings. The van der Waals surface area contributed by atoms with Gasteiger partial charge in [-0.05, 0) is 62.5 Å². The number of aliphatic hydroxyl groups excluding tert-OH is 1. The third kappa shape index (κ3) is 3.55. The molecule has 3 nitrogen and oxygen atoms in total. The van der Waals surface area contributed by atoms with Crippen LogP contribution >= 0.6 is 0 Å². The molecule has 0 unspecified atom stereocenters.